The Balaban J connectivity index is 2.68. The molecule has 6 heteroatoms. The van der Waals surface area contributed by atoms with Crippen LogP contribution in [0.25, 0.3) is 0 Å². The van der Waals surface area contributed by atoms with Crippen molar-refractivity contribution >= 4 is 5.91 Å². The molecule has 0 aromatic heterocycles. The Labute approximate surface area is 81.5 Å². The maximum atomic E-state index is 10.7. The number of aliphatic hydroxyl groups is 3. The second-order valence-corrected chi connectivity index (χ2v) is 3.44. The number of rotatable bonds is 1. The molecule has 0 bridgehead atoms. The fourth-order valence-electron chi connectivity index (χ4n) is 1.44. The van der Waals surface area contributed by atoms with Gasteiger partial charge in [0.1, 0.15) is 18.2 Å². The van der Waals surface area contributed by atoms with Crippen LogP contribution in [0.1, 0.15) is 13.8 Å². The molecule has 0 aliphatic carbocycles. The van der Waals surface area contributed by atoms with E-state index in [0.717, 1.165) is 0 Å². The third-order valence-electron chi connectivity index (χ3n) is 2.23. The van der Waals surface area contributed by atoms with Crippen LogP contribution >= 0.6 is 0 Å². The van der Waals surface area contributed by atoms with Gasteiger partial charge in [-0.15, -0.1) is 0 Å². The number of hydrogen-bond acceptors (Lipinski definition) is 5. The number of carbonyl (C=O) groups is 1. The lowest BCUT2D eigenvalue weighted by Crippen LogP contribution is -2.62. The van der Waals surface area contributed by atoms with Crippen molar-refractivity contribution in [2.24, 2.45) is 0 Å². The highest BCUT2D eigenvalue weighted by atomic mass is 16.6. The van der Waals surface area contributed by atoms with Crippen LogP contribution in [0.3, 0.4) is 0 Å². The van der Waals surface area contributed by atoms with E-state index < -0.39 is 36.6 Å². The van der Waals surface area contributed by atoms with Crippen molar-refractivity contribution in [1.29, 1.82) is 0 Å². The molecule has 5 atom stereocenters. The summed E-state index contributed by atoms with van der Waals surface area (Å²) in [5, 5.41) is 30.6. The number of nitrogens with one attached hydrogen (secondary N) is 1. The molecule has 1 saturated heterocycles. The molecule has 1 heterocycles. The first kappa shape index (κ1) is 11.4. The minimum absolute atomic E-state index is 0.404. The average Bonchev–Trinajstić information content (AvgIpc) is 2.09. The van der Waals surface area contributed by atoms with E-state index in [9.17, 15) is 20.1 Å². The van der Waals surface area contributed by atoms with E-state index in [1.165, 1.54) is 13.8 Å². The monoisotopic (exact) mass is 205 g/mol. The maximum absolute atomic E-state index is 10.7. The minimum atomic E-state index is -1.30. The summed E-state index contributed by atoms with van der Waals surface area (Å²) < 4.78 is 4.91. The summed E-state index contributed by atoms with van der Waals surface area (Å²) in [6, 6.07) is -0.987. The summed E-state index contributed by atoms with van der Waals surface area (Å²) in [6.07, 6.45) is -4.30. The van der Waals surface area contributed by atoms with Gasteiger partial charge in [0.2, 0.25) is 5.91 Å². The van der Waals surface area contributed by atoms with Gasteiger partial charge in [-0.25, -0.2) is 0 Å². The zero-order valence-electron chi connectivity index (χ0n) is 8.04. The SMILES string of the molecule is CC(=O)N[C@@H]1[C@@H](O)[C@@H](O)[C@@H](C)O[C@H]1O. The largest absolute Gasteiger partial charge is 0.388 e. The number of carbonyl (C=O) groups excluding carboxylic acids is 1. The summed E-state index contributed by atoms with van der Waals surface area (Å²) in [6.45, 7) is 2.78. The molecule has 0 saturated carbocycles. The molecule has 1 aliphatic rings. The highest BCUT2D eigenvalue weighted by Crippen LogP contribution is 2.19. The molecular weight excluding hydrogens is 190 g/mol. The molecule has 82 valence electrons. The molecule has 1 aliphatic heterocycles. The number of aliphatic hydroxyl groups excluding tert-OH is 3. The van der Waals surface area contributed by atoms with Gasteiger partial charge in [0, 0.05) is 6.92 Å². The van der Waals surface area contributed by atoms with Gasteiger partial charge < -0.3 is 25.4 Å². The molecule has 1 rings (SSSR count). The van der Waals surface area contributed by atoms with Crippen molar-refractivity contribution in [1.82, 2.24) is 5.32 Å². The molecule has 0 aromatic rings. The Hall–Kier alpha value is -0.690. The Morgan fingerprint density at radius 3 is 2.36 bits per heavy atom. The fraction of sp³-hybridized carbons (Fsp3) is 0.875. The van der Waals surface area contributed by atoms with Crippen LogP contribution in [0.15, 0.2) is 0 Å². The van der Waals surface area contributed by atoms with E-state index >= 15 is 0 Å². The first-order valence-electron chi connectivity index (χ1n) is 4.40. The molecule has 0 unspecified atom stereocenters. The predicted octanol–water partition coefficient (Wildman–Crippen LogP) is -2.05. The van der Waals surface area contributed by atoms with E-state index in [1.54, 1.807) is 0 Å². The van der Waals surface area contributed by atoms with E-state index in [4.69, 9.17) is 4.74 Å². The minimum Gasteiger partial charge on any atom is -0.388 e. The second kappa shape index (κ2) is 4.22. The van der Waals surface area contributed by atoms with Gasteiger partial charge in [-0.1, -0.05) is 0 Å². The van der Waals surface area contributed by atoms with Crippen LogP contribution in [-0.4, -0.2) is 51.9 Å². The van der Waals surface area contributed by atoms with Crippen LogP contribution < -0.4 is 5.32 Å². The Kier molecular flexibility index (Phi) is 3.43. The van der Waals surface area contributed by atoms with E-state index in [2.05, 4.69) is 5.32 Å². The van der Waals surface area contributed by atoms with Crippen molar-refractivity contribution in [2.45, 2.75) is 44.5 Å². The van der Waals surface area contributed by atoms with Crippen LogP contribution in [0, 0.1) is 0 Å². The van der Waals surface area contributed by atoms with Gasteiger partial charge in [-0.3, -0.25) is 4.79 Å². The average molecular weight is 205 g/mol. The van der Waals surface area contributed by atoms with Crippen molar-refractivity contribution in [3.63, 3.8) is 0 Å². The smallest absolute Gasteiger partial charge is 0.217 e. The number of ether oxygens (including phenoxy) is 1. The zero-order chi connectivity index (χ0) is 10.9. The topological polar surface area (TPSA) is 99.0 Å². The van der Waals surface area contributed by atoms with Crippen molar-refractivity contribution in [3.05, 3.63) is 0 Å². The summed E-state index contributed by atoms with van der Waals surface area (Å²) in [7, 11) is 0. The normalized spacial score (nSPS) is 43.4. The quantitative estimate of drug-likeness (QED) is 0.395. The molecule has 1 amide bonds. The van der Waals surface area contributed by atoms with Gasteiger partial charge in [-0.2, -0.15) is 0 Å². The zero-order valence-corrected chi connectivity index (χ0v) is 8.04. The third-order valence-corrected chi connectivity index (χ3v) is 2.23. The molecule has 0 spiro atoms. The van der Waals surface area contributed by atoms with Crippen LogP contribution in [0.2, 0.25) is 0 Å². The van der Waals surface area contributed by atoms with Crippen molar-refractivity contribution in [3.8, 4) is 0 Å². The number of hydrogen-bond donors (Lipinski definition) is 4. The van der Waals surface area contributed by atoms with Crippen molar-refractivity contribution < 1.29 is 24.9 Å². The van der Waals surface area contributed by atoms with Gasteiger partial charge in [0.05, 0.1) is 6.10 Å². The van der Waals surface area contributed by atoms with Gasteiger partial charge in [-0.05, 0) is 6.92 Å². The van der Waals surface area contributed by atoms with Gasteiger partial charge in [0.15, 0.2) is 6.29 Å². The predicted molar refractivity (Wildman–Crippen MR) is 46.2 cm³/mol. The first-order valence-corrected chi connectivity index (χ1v) is 4.40. The maximum Gasteiger partial charge on any atom is 0.217 e. The van der Waals surface area contributed by atoms with E-state index in [0.29, 0.717) is 0 Å². The Bertz CT molecular complexity index is 222. The molecular formula is C8H15NO5. The molecule has 0 aromatic carbocycles. The van der Waals surface area contributed by atoms with Crippen molar-refractivity contribution in [2.75, 3.05) is 0 Å². The summed E-state index contributed by atoms with van der Waals surface area (Å²) >= 11 is 0. The highest BCUT2D eigenvalue weighted by molar-refractivity contribution is 5.73. The van der Waals surface area contributed by atoms with E-state index in [1.807, 2.05) is 0 Å². The summed E-state index contributed by atoms with van der Waals surface area (Å²) in [4.78, 5) is 10.7. The van der Waals surface area contributed by atoms with Crippen LogP contribution in [0.5, 0.6) is 0 Å². The highest BCUT2D eigenvalue weighted by Gasteiger charge is 2.42. The summed E-state index contributed by atoms with van der Waals surface area (Å²) in [5.74, 6) is -0.404. The van der Waals surface area contributed by atoms with E-state index in [-0.39, 0.29) is 0 Å². The lowest BCUT2D eigenvalue weighted by atomic mass is 9.98. The lowest BCUT2D eigenvalue weighted by molar-refractivity contribution is -0.242. The Morgan fingerprint density at radius 2 is 1.86 bits per heavy atom. The van der Waals surface area contributed by atoms with Crippen LogP contribution in [-0.2, 0) is 9.53 Å². The molecule has 14 heavy (non-hydrogen) atoms. The van der Waals surface area contributed by atoms with Gasteiger partial charge in [0.25, 0.3) is 0 Å². The molecule has 1 fully saturated rings. The molecule has 4 N–H and O–H groups in total. The third kappa shape index (κ3) is 2.21. The number of amides is 1. The first-order chi connectivity index (χ1) is 6.43. The van der Waals surface area contributed by atoms with Gasteiger partial charge >= 0.3 is 0 Å². The van der Waals surface area contributed by atoms with Crippen LogP contribution in [0.4, 0.5) is 0 Å². The standard InChI is InChI=1S/C8H15NO5/c1-3-6(11)7(12)5(8(13)14-3)9-4(2)10/h3,5-8,11-13H,1-2H3,(H,9,10)/t3-,5-,6+,7-,8-/m1/s1. The lowest BCUT2D eigenvalue weighted by Gasteiger charge is -2.39. The molecule has 6 nitrogen and oxygen atoms in total. The molecule has 0 radical (unpaired) electrons. The second-order valence-electron chi connectivity index (χ2n) is 3.44. The summed E-state index contributed by atoms with van der Waals surface area (Å²) in [5.41, 5.74) is 0. The Morgan fingerprint density at radius 1 is 1.29 bits per heavy atom. The fourth-order valence-corrected chi connectivity index (χ4v) is 1.44.